The normalized spacial score (nSPS) is 10.8. The molecule has 0 atom stereocenters. The highest BCUT2D eigenvalue weighted by Crippen LogP contribution is 2.25. The lowest BCUT2D eigenvalue weighted by Crippen LogP contribution is -2.17. The molecule has 0 fully saturated rings. The second kappa shape index (κ2) is 7.29. The van der Waals surface area contributed by atoms with Gasteiger partial charge in [0.2, 0.25) is 0 Å². The molecule has 0 unspecified atom stereocenters. The lowest BCUT2D eigenvalue weighted by Gasteiger charge is -2.14. The topological polar surface area (TPSA) is 55.0 Å². The van der Waals surface area contributed by atoms with E-state index in [4.69, 9.17) is 11.6 Å². The number of benzene rings is 1. The number of halogens is 1. The molecule has 0 bridgehead atoms. The van der Waals surface area contributed by atoms with E-state index in [0.29, 0.717) is 6.47 Å². The van der Waals surface area contributed by atoms with Crippen LogP contribution in [-0.2, 0) is 9.53 Å². The number of hydrogen-bond acceptors (Lipinski definition) is 3. The number of ether oxygens (including phenoxy) is 1. The van der Waals surface area contributed by atoms with Gasteiger partial charge in [-0.1, -0.05) is 11.6 Å². The maximum atomic E-state index is 9.60. The Morgan fingerprint density at radius 2 is 2.00 bits per heavy atom. The zero-order valence-electron chi connectivity index (χ0n) is 13.3. The maximum absolute atomic E-state index is 9.60. The van der Waals surface area contributed by atoms with Crippen LogP contribution < -0.4 is 0 Å². The number of rotatable bonds is 2. The molecule has 0 aliphatic rings. The fraction of sp³-hybridized carbons (Fsp3) is 0.222. The van der Waals surface area contributed by atoms with E-state index < -0.39 is 0 Å². The summed E-state index contributed by atoms with van der Waals surface area (Å²) in [5.74, 6) is 0. The third kappa shape index (κ3) is 5.11. The van der Waals surface area contributed by atoms with Gasteiger partial charge in [0.25, 0.3) is 6.47 Å². The number of aromatic nitrogens is 2. The van der Waals surface area contributed by atoms with Crippen LogP contribution in [0.4, 0.5) is 0 Å². The molecule has 3 rings (SSSR count). The summed E-state index contributed by atoms with van der Waals surface area (Å²) >= 11 is 5.95. The average Bonchev–Trinajstić information content (AvgIpc) is 2.90. The molecule has 4 nitrogen and oxygen atoms in total. The molecule has 0 radical (unpaired) electrons. The van der Waals surface area contributed by atoms with Gasteiger partial charge in [-0.25, -0.2) is 0 Å². The predicted octanol–water partition coefficient (Wildman–Crippen LogP) is 4.84. The van der Waals surface area contributed by atoms with E-state index in [1.807, 2.05) is 57.3 Å². The quantitative estimate of drug-likeness (QED) is 0.684. The molecule has 0 amide bonds. The van der Waals surface area contributed by atoms with Crippen molar-refractivity contribution >= 4 is 29.0 Å². The number of H-pyrrole nitrogens is 1. The highest BCUT2D eigenvalue weighted by Gasteiger charge is 2.07. The molecule has 3 aromatic rings. The first-order valence-corrected chi connectivity index (χ1v) is 7.57. The van der Waals surface area contributed by atoms with Crippen LogP contribution in [0.15, 0.2) is 48.8 Å². The first-order valence-electron chi connectivity index (χ1n) is 7.19. The van der Waals surface area contributed by atoms with Crippen molar-refractivity contribution in [2.45, 2.75) is 26.4 Å². The number of carbonyl (C=O) groups is 1. The molecule has 0 aliphatic heterocycles. The lowest BCUT2D eigenvalue weighted by molar-refractivity contribution is -0.138. The summed E-state index contributed by atoms with van der Waals surface area (Å²) in [6.07, 6.45) is 3.61. The van der Waals surface area contributed by atoms with Gasteiger partial charge in [0, 0.05) is 39.6 Å². The molecule has 0 saturated carbocycles. The number of carbonyl (C=O) groups excluding carboxylic acids is 1. The third-order valence-electron chi connectivity index (χ3n) is 2.96. The SMILES string of the molecule is CC(C)(C)OC=O.Clc1ccc2[nH]c(-c3cccnc3)cc2c1. The Morgan fingerprint density at radius 3 is 2.57 bits per heavy atom. The Balaban J connectivity index is 0.000000236. The number of nitrogens with one attached hydrogen (secondary N) is 1. The van der Waals surface area contributed by atoms with Gasteiger partial charge < -0.3 is 9.72 Å². The predicted molar refractivity (Wildman–Crippen MR) is 93.4 cm³/mol. The summed E-state index contributed by atoms with van der Waals surface area (Å²) in [5, 5.41) is 1.87. The summed E-state index contributed by atoms with van der Waals surface area (Å²) in [6.45, 7) is 5.92. The van der Waals surface area contributed by atoms with E-state index in [2.05, 4.69) is 20.8 Å². The van der Waals surface area contributed by atoms with Crippen molar-refractivity contribution in [3.63, 3.8) is 0 Å². The average molecular weight is 331 g/mol. The van der Waals surface area contributed by atoms with Gasteiger partial charge in [-0.3, -0.25) is 9.78 Å². The molecule has 1 aromatic carbocycles. The molecule has 0 saturated heterocycles. The summed E-state index contributed by atoms with van der Waals surface area (Å²) < 4.78 is 4.55. The lowest BCUT2D eigenvalue weighted by atomic mass is 10.2. The van der Waals surface area contributed by atoms with Crippen LogP contribution in [0.5, 0.6) is 0 Å². The van der Waals surface area contributed by atoms with E-state index in [1.165, 1.54) is 0 Å². The Bertz CT molecular complexity index is 777. The monoisotopic (exact) mass is 330 g/mol. The van der Waals surface area contributed by atoms with Crippen molar-refractivity contribution in [1.29, 1.82) is 0 Å². The van der Waals surface area contributed by atoms with Crippen LogP contribution in [0.1, 0.15) is 20.8 Å². The number of hydrogen-bond donors (Lipinski definition) is 1. The van der Waals surface area contributed by atoms with Crippen molar-refractivity contribution in [2.24, 2.45) is 0 Å². The first kappa shape index (κ1) is 17.0. The van der Waals surface area contributed by atoms with Gasteiger partial charge >= 0.3 is 0 Å². The van der Waals surface area contributed by atoms with E-state index in [-0.39, 0.29) is 5.60 Å². The Morgan fingerprint density at radius 1 is 1.22 bits per heavy atom. The van der Waals surface area contributed by atoms with Crippen LogP contribution in [-0.4, -0.2) is 22.0 Å². The molecule has 2 aromatic heterocycles. The summed E-state index contributed by atoms with van der Waals surface area (Å²) in [7, 11) is 0. The zero-order valence-corrected chi connectivity index (χ0v) is 14.1. The summed E-state index contributed by atoms with van der Waals surface area (Å²) in [4.78, 5) is 17.0. The highest BCUT2D eigenvalue weighted by atomic mass is 35.5. The van der Waals surface area contributed by atoms with E-state index in [1.54, 1.807) is 6.20 Å². The number of nitrogens with zero attached hydrogens (tertiary/aromatic N) is 1. The second-order valence-electron chi connectivity index (χ2n) is 5.98. The van der Waals surface area contributed by atoms with Crippen molar-refractivity contribution in [3.05, 3.63) is 53.8 Å². The van der Waals surface area contributed by atoms with Crippen LogP contribution >= 0.6 is 11.6 Å². The van der Waals surface area contributed by atoms with E-state index in [9.17, 15) is 4.79 Å². The number of pyridine rings is 1. The standard InChI is InChI=1S/C13H9ClN2.C5H10O2/c14-11-3-4-12-10(6-11)7-13(16-12)9-2-1-5-15-8-9;1-5(2,3)7-4-6/h1-8,16H;4H,1-3H3. The minimum Gasteiger partial charge on any atom is -0.462 e. The molecule has 5 heteroatoms. The first-order chi connectivity index (χ1) is 10.9. The molecular formula is C18H19ClN2O2. The Labute approximate surface area is 140 Å². The minimum absolute atomic E-state index is 0.318. The van der Waals surface area contributed by atoms with Crippen LogP contribution in [0.3, 0.4) is 0 Å². The number of fused-ring (bicyclic) bond motifs is 1. The van der Waals surface area contributed by atoms with Gasteiger partial charge in [0.05, 0.1) is 0 Å². The fourth-order valence-corrected chi connectivity index (χ4v) is 2.11. The molecular weight excluding hydrogens is 312 g/mol. The van der Waals surface area contributed by atoms with Crippen molar-refractivity contribution < 1.29 is 9.53 Å². The maximum Gasteiger partial charge on any atom is 0.293 e. The van der Waals surface area contributed by atoms with Gasteiger partial charge in [0.15, 0.2) is 0 Å². The van der Waals surface area contributed by atoms with Gasteiger partial charge in [0.1, 0.15) is 5.60 Å². The zero-order chi connectivity index (χ0) is 16.9. The van der Waals surface area contributed by atoms with Crippen LogP contribution in [0.2, 0.25) is 5.02 Å². The van der Waals surface area contributed by atoms with Crippen molar-refractivity contribution in [2.75, 3.05) is 0 Å². The largest absolute Gasteiger partial charge is 0.462 e. The molecule has 0 spiro atoms. The van der Waals surface area contributed by atoms with Crippen molar-refractivity contribution in [1.82, 2.24) is 9.97 Å². The molecule has 120 valence electrons. The third-order valence-corrected chi connectivity index (χ3v) is 3.19. The molecule has 0 aliphatic carbocycles. The fourth-order valence-electron chi connectivity index (χ4n) is 1.93. The molecule has 2 heterocycles. The van der Waals surface area contributed by atoms with Gasteiger partial charge in [-0.15, -0.1) is 0 Å². The highest BCUT2D eigenvalue weighted by molar-refractivity contribution is 6.31. The number of aromatic amines is 1. The van der Waals surface area contributed by atoms with Crippen LogP contribution in [0, 0.1) is 0 Å². The van der Waals surface area contributed by atoms with Crippen molar-refractivity contribution in [3.8, 4) is 11.3 Å². The summed E-state index contributed by atoms with van der Waals surface area (Å²) in [5.41, 5.74) is 2.91. The van der Waals surface area contributed by atoms with Gasteiger partial charge in [-0.2, -0.15) is 0 Å². The molecule has 23 heavy (non-hydrogen) atoms. The van der Waals surface area contributed by atoms with E-state index >= 15 is 0 Å². The van der Waals surface area contributed by atoms with Crippen LogP contribution in [0.25, 0.3) is 22.2 Å². The Hall–Kier alpha value is -2.33. The van der Waals surface area contributed by atoms with Gasteiger partial charge in [-0.05, 0) is 57.2 Å². The smallest absolute Gasteiger partial charge is 0.293 e. The minimum atomic E-state index is -0.318. The molecule has 1 N–H and O–H groups in total. The second-order valence-corrected chi connectivity index (χ2v) is 6.42. The van der Waals surface area contributed by atoms with E-state index in [0.717, 1.165) is 27.2 Å². The Kier molecular flexibility index (Phi) is 5.40. The summed E-state index contributed by atoms with van der Waals surface area (Å²) in [6, 6.07) is 11.9.